The van der Waals surface area contributed by atoms with Crippen molar-refractivity contribution in [2.75, 3.05) is 18.5 Å². The van der Waals surface area contributed by atoms with Crippen molar-refractivity contribution in [2.24, 2.45) is 0 Å². The van der Waals surface area contributed by atoms with Crippen molar-refractivity contribution < 1.29 is 14.2 Å². The van der Waals surface area contributed by atoms with E-state index in [1.54, 1.807) is 6.07 Å². The first kappa shape index (κ1) is 15.6. The highest BCUT2D eigenvalue weighted by atomic mass is 35.5. The highest BCUT2D eigenvalue weighted by Crippen LogP contribution is 2.25. The molecule has 0 saturated heterocycles. The van der Waals surface area contributed by atoms with E-state index in [4.69, 9.17) is 16.3 Å². The molecule has 2 N–H and O–H groups in total. The van der Waals surface area contributed by atoms with Crippen molar-refractivity contribution in [2.45, 2.75) is 13.0 Å². The number of ether oxygens (including phenoxy) is 1. The minimum Gasteiger partial charge on any atom is -0.491 e. The number of halogens is 2. The van der Waals surface area contributed by atoms with Gasteiger partial charge in [0.15, 0.2) is 0 Å². The molecular weight excluding hydrogens is 293 g/mol. The summed E-state index contributed by atoms with van der Waals surface area (Å²) in [6, 6.07) is 11.3. The lowest BCUT2D eigenvalue weighted by Crippen LogP contribution is -2.26. The van der Waals surface area contributed by atoms with Gasteiger partial charge in [0.2, 0.25) is 0 Å². The molecule has 0 spiro atoms. The smallest absolute Gasteiger partial charge is 0.123 e. The summed E-state index contributed by atoms with van der Waals surface area (Å²) in [5.41, 5.74) is 1.81. The average Bonchev–Trinajstić information content (AvgIpc) is 2.46. The fraction of sp³-hybridized carbons (Fsp3) is 0.250. The van der Waals surface area contributed by atoms with E-state index in [0.717, 1.165) is 11.3 Å². The van der Waals surface area contributed by atoms with Crippen molar-refractivity contribution in [1.29, 1.82) is 0 Å². The average molecular weight is 310 g/mol. The maximum atomic E-state index is 12.7. The molecular formula is C16H17ClFNO2. The Morgan fingerprint density at radius 3 is 2.62 bits per heavy atom. The minimum atomic E-state index is -0.703. The van der Waals surface area contributed by atoms with Gasteiger partial charge in [-0.1, -0.05) is 23.7 Å². The predicted molar refractivity (Wildman–Crippen MR) is 82.6 cm³/mol. The molecule has 0 radical (unpaired) electrons. The molecule has 0 saturated carbocycles. The molecule has 2 rings (SSSR count). The molecule has 3 nitrogen and oxygen atoms in total. The summed E-state index contributed by atoms with van der Waals surface area (Å²) in [5, 5.41) is 13.6. The Balaban J connectivity index is 1.82. The molecule has 5 heteroatoms. The van der Waals surface area contributed by atoms with Gasteiger partial charge in [-0.05, 0) is 42.8 Å². The van der Waals surface area contributed by atoms with Gasteiger partial charge in [0, 0.05) is 6.54 Å². The first-order valence-corrected chi connectivity index (χ1v) is 6.99. The maximum Gasteiger partial charge on any atom is 0.123 e. The molecule has 0 aliphatic heterocycles. The van der Waals surface area contributed by atoms with Crippen LogP contribution in [0.25, 0.3) is 0 Å². The number of aliphatic hydroxyl groups is 1. The van der Waals surface area contributed by atoms with Crippen LogP contribution in [0.1, 0.15) is 5.56 Å². The predicted octanol–water partition coefficient (Wildman–Crippen LogP) is 3.64. The van der Waals surface area contributed by atoms with Crippen LogP contribution in [0.4, 0.5) is 10.1 Å². The molecule has 0 aromatic heterocycles. The monoisotopic (exact) mass is 309 g/mol. The summed E-state index contributed by atoms with van der Waals surface area (Å²) >= 11 is 6.09. The third kappa shape index (κ3) is 4.62. The van der Waals surface area contributed by atoms with Crippen LogP contribution in [0.2, 0.25) is 5.02 Å². The Bertz CT molecular complexity index is 569. The Morgan fingerprint density at radius 1 is 1.24 bits per heavy atom. The number of aryl methyl sites for hydroxylation is 1. The quantitative estimate of drug-likeness (QED) is 0.856. The fourth-order valence-corrected chi connectivity index (χ4v) is 2.15. The topological polar surface area (TPSA) is 41.5 Å². The molecule has 0 aliphatic rings. The van der Waals surface area contributed by atoms with Crippen LogP contribution in [-0.2, 0) is 0 Å². The molecule has 1 unspecified atom stereocenters. The van der Waals surface area contributed by atoms with Crippen molar-refractivity contribution in [3.8, 4) is 5.75 Å². The third-order valence-corrected chi connectivity index (χ3v) is 3.31. The van der Waals surface area contributed by atoms with Gasteiger partial charge >= 0.3 is 0 Å². The maximum absolute atomic E-state index is 12.7. The molecule has 0 fully saturated rings. The molecule has 2 aromatic carbocycles. The molecule has 1 atom stereocenters. The van der Waals surface area contributed by atoms with E-state index in [9.17, 15) is 9.50 Å². The second kappa shape index (κ2) is 7.29. The van der Waals surface area contributed by atoms with Crippen LogP contribution >= 0.6 is 11.6 Å². The number of hydrogen-bond donors (Lipinski definition) is 2. The third-order valence-electron chi connectivity index (χ3n) is 2.99. The number of hydrogen-bond acceptors (Lipinski definition) is 3. The standard InChI is InChI=1S/C16H17ClFNO2/c1-11-3-2-4-15(17)16(11)19-9-13(20)10-21-14-7-5-12(18)6-8-14/h2-8,13,19-20H,9-10H2,1H3. The Kier molecular flexibility index (Phi) is 5.42. The van der Waals surface area contributed by atoms with Gasteiger partial charge in [-0.3, -0.25) is 0 Å². The summed E-state index contributed by atoms with van der Waals surface area (Å²) in [6.45, 7) is 2.36. The molecule has 0 bridgehead atoms. The zero-order valence-corrected chi connectivity index (χ0v) is 12.4. The van der Waals surface area contributed by atoms with E-state index in [2.05, 4.69) is 5.32 Å². The molecule has 112 valence electrons. The number of nitrogens with one attached hydrogen (secondary N) is 1. The highest BCUT2D eigenvalue weighted by molar-refractivity contribution is 6.33. The molecule has 0 aliphatic carbocycles. The number of para-hydroxylation sites is 1. The molecule has 2 aromatic rings. The first-order chi connectivity index (χ1) is 10.1. The SMILES string of the molecule is Cc1cccc(Cl)c1NCC(O)COc1ccc(F)cc1. The summed E-state index contributed by atoms with van der Waals surface area (Å²) in [5.74, 6) is 0.197. The summed E-state index contributed by atoms with van der Waals surface area (Å²) < 4.78 is 18.1. The second-order valence-corrected chi connectivity index (χ2v) is 5.14. The van der Waals surface area contributed by atoms with Crippen molar-refractivity contribution in [3.05, 3.63) is 58.9 Å². The Morgan fingerprint density at radius 2 is 1.95 bits per heavy atom. The van der Waals surface area contributed by atoms with Crippen molar-refractivity contribution >= 4 is 17.3 Å². The number of rotatable bonds is 6. The Hall–Kier alpha value is -1.78. The van der Waals surface area contributed by atoms with Crippen molar-refractivity contribution in [3.63, 3.8) is 0 Å². The molecule has 21 heavy (non-hydrogen) atoms. The van der Waals surface area contributed by atoms with E-state index in [-0.39, 0.29) is 12.4 Å². The largest absolute Gasteiger partial charge is 0.491 e. The highest BCUT2D eigenvalue weighted by Gasteiger charge is 2.08. The van der Waals surface area contributed by atoms with E-state index < -0.39 is 6.10 Å². The van der Waals surface area contributed by atoms with Crippen LogP contribution in [0.15, 0.2) is 42.5 Å². The zero-order valence-electron chi connectivity index (χ0n) is 11.6. The Labute approximate surface area is 128 Å². The van der Waals surface area contributed by atoms with Crippen molar-refractivity contribution in [1.82, 2.24) is 0 Å². The minimum absolute atomic E-state index is 0.113. The van der Waals surface area contributed by atoms with Gasteiger partial charge in [-0.25, -0.2) is 4.39 Å². The van der Waals surface area contributed by atoms with E-state index >= 15 is 0 Å². The lowest BCUT2D eigenvalue weighted by atomic mass is 10.2. The van der Waals surface area contributed by atoms with E-state index in [1.165, 1.54) is 24.3 Å². The number of anilines is 1. The number of benzene rings is 2. The summed E-state index contributed by atoms with van der Waals surface area (Å²) in [6.07, 6.45) is -0.703. The van der Waals surface area contributed by atoms with E-state index in [0.29, 0.717) is 17.3 Å². The molecule has 0 heterocycles. The summed E-state index contributed by atoms with van der Waals surface area (Å²) in [7, 11) is 0. The van der Waals surface area contributed by atoms with Crippen LogP contribution < -0.4 is 10.1 Å². The lowest BCUT2D eigenvalue weighted by Gasteiger charge is -2.16. The van der Waals surface area contributed by atoms with Gasteiger partial charge in [-0.2, -0.15) is 0 Å². The fourth-order valence-electron chi connectivity index (χ4n) is 1.86. The van der Waals surface area contributed by atoms with Gasteiger partial charge in [0.05, 0.1) is 10.7 Å². The lowest BCUT2D eigenvalue weighted by molar-refractivity contribution is 0.117. The first-order valence-electron chi connectivity index (χ1n) is 6.61. The van der Waals surface area contributed by atoms with Gasteiger partial charge in [0.25, 0.3) is 0 Å². The van der Waals surface area contributed by atoms with Crippen LogP contribution in [0.3, 0.4) is 0 Å². The van der Waals surface area contributed by atoms with Crippen LogP contribution in [-0.4, -0.2) is 24.4 Å². The van der Waals surface area contributed by atoms with Gasteiger partial charge < -0.3 is 15.2 Å². The zero-order chi connectivity index (χ0) is 15.2. The number of aliphatic hydroxyl groups excluding tert-OH is 1. The molecule has 0 amide bonds. The second-order valence-electron chi connectivity index (χ2n) is 4.73. The van der Waals surface area contributed by atoms with Crippen LogP contribution in [0.5, 0.6) is 5.75 Å². The normalized spacial score (nSPS) is 12.0. The van der Waals surface area contributed by atoms with Gasteiger partial charge in [0.1, 0.15) is 24.3 Å². The van der Waals surface area contributed by atoms with E-state index in [1.807, 2.05) is 19.1 Å². The summed E-state index contributed by atoms with van der Waals surface area (Å²) in [4.78, 5) is 0. The van der Waals surface area contributed by atoms with Crippen LogP contribution in [0, 0.1) is 12.7 Å². The van der Waals surface area contributed by atoms with Gasteiger partial charge in [-0.15, -0.1) is 0 Å².